The quantitative estimate of drug-likeness (QED) is 0.400. The number of esters is 1. The number of nitrogens with one attached hydrogen (secondary N) is 1. The first kappa shape index (κ1) is 26.3. The van der Waals surface area contributed by atoms with Crippen LogP contribution in [0.5, 0.6) is 0 Å². The number of aromatic nitrogens is 3. The van der Waals surface area contributed by atoms with Crippen LogP contribution < -0.4 is 10.2 Å². The molecule has 3 atom stereocenters. The predicted molar refractivity (Wildman–Crippen MR) is 147 cm³/mol. The Morgan fingerprint density at radius 2 is 2.05 bits per heavy atom. The van der Waals surface area contributed by atoms with Crippen molar-refractivity contribution in [1.82, 2.24) is 19.9 Å². The molecule has 0 radical (unpaired) electrons. The molecule has 1 aromatic carbocycles. The second-order valence-corrected chi connectivity index (χ2v) is 12.0. The standard InChI is InChI=1S/C30H34FN5O4/c1-5-39-27(37)23-16-32-36-13-9-24(33-26(23)36)35-17-19-14-21(19)25(35)22-15-20(31)7-6-18(22)8-10-30(11-12-30)34-28(38)40-29(2,3)4/h6-10,13,15-16,19,21,25H,5,11-12,14,17H2,1-4H3,(H,34,38)/b10-8+. The molecule has 3 fully saturated rings. The second-order valence-electron chi connectivity index (χ2n) is 12.0. The first-order valence-electron chi connectivity index (χ1n) is 13.8. The average Bonchev–Trinajstić information content (AvgIpc) is 3.75. The molecule has 10 heteroatoms. The van der Waals surface area contributed by atoms with Crippen LogP contribution in [0.2, 0.25) is 0 Å². The molecular formula is C30H34FN5O4. The lowest BCUT2D eigenvalue weighted by Crippen LogP contribution is -2.39. The van der Waals surface area contributed by atoms with Crippen LogP contribution in [0.15, 0.2) is 42.7 Å². The van der Waals surface area contributed by atoms with Gasteiger partial charge in [-0.15, -0.1) is 0 Å². The van der Waals surface area contributed by atoms with E-state index in [2.05, 4.69) is 15.3 Å². The molecule has 1 amide bonds. The molecule has 1 N–H and O–H groups in total. The van der Waals surface area contributed by atoms with Gasteiger partial charge in [0.2, 0.25) is 0 Å². The van der Waals surface area contributed by atoms with Crippen molar-refractivity contribution < 1.29 is 23.5 Å². The van der Waals surface area contributed by atoms with Gasteiger partial charge in [-0.1, -0.05) is 18.2 Å². The van der Waals surface area contributed by atoms with Crippen molar-refractivity contribution in [2.45, 2.75) is 64.1 Å². The number of alkyl carbamates (subject to hydrolysis) is 1. The molecule has 2 saturated carbocycles. The smallest absolute Gasteiger partial charge is 0.408 e. The van der Waals surface area contributed by atoms with E-state index in [4.69, 9.17) is 14.5 Å². The van der Waals surface area contributed by atoms with Crippen LogP contribution in [0.3, 0.4) is 0 Å². The van der Waals surface area contributed by atoms with Crippen LogP contribution in [0.25, 0.3) is 11.7 Å². The molecule has 1 saturated heterocycles. The number of carbonyl (C=O) groups excluding carboxylic acids is 2. The minimum Gasteiger partial charge on any atom is -0.462 e. The largest absolute Gasteiger partial charge is 0.462 e. The first-order valence-corrected chi connectivity index (χ1v) is 13.8. The Kier molecular flexibility index (Phi) is 6.31. The third kappa shape index (κ3) is 5.14. The molecular weight excluding hydrogens is 513 g/mol. The summed E-state index contributed by atoms with van der Waals surface area (Å²) < 4.78 is 26.9. The van der Waals surface area contributed by atoms with Crippen LogP contribution in [0.4, 0.5) is 15.0 Å². The molecule has 6 rings (SSSR count). The third-order valence-electron chi connectivity index (χ3n) is 7.78. The van der Waals surface area contributed by atoms with Gasteiger partial charge in [-0.05, 0) is 88.1 Å². The van der Waals surface area contributed by atoms with E-state index in [1.165, 1.54) is 12.3 Å². The van der Waals surface area contributed by atoms with Gasteiger partial charge in [0.05, 0.1) is 24.4 Å². The van der Waals surface area contributed by atoms with Crippen LogP contribution >= 0.6 is 0 Å². The molecule has 2 aliphatic carbocycles. The minimum absolute atomic E-state index is 0.0711. The van der Waals surface area contributed by atoms with Gasteiger partial charge in [0.25, 0.3) is 0 Å². The van der Waals surface area contributed by atoms with Crippen molar-refractivity contribution in [3.63, 3.8) is 0 Å². The van der Waals surface area contributed by atoms with E-state index >= 15 is 0 Å². The van der Waals surface area contributed by atoms with Gasteiger partial charge >= 0.3 is 12.1 Å². The molecule has 1 aliphatic heterocycles. The highest BCUT2D eigenvalue weighted by Crippen LogP contribution is 2.58. The van der Waals surface area contributed by atoms with Crippen LogP contribution in [-0.2, 0) is 9.47 Å². The number of anilines is 1. The summed E-state index contributed by atoms with van der Waals surface area (Å²) in [5.41, 5.74) is 1.49. The lowest BCUT2D eigenvalue weighted by molar-refractivity contribution is 0.0504. The Morgan fingerprint density at radius 1 is 1.25 bits per heavy atom. The fraction of sp³-hybridized carbons (Fsp3) is 0.467. The zero-order chi connectivity index (χ0) is 28.2. The summed E-state index contributed by atoms with van der Waals surface area (Å²) in [5.74, 6) is 0.833. The minimum atomic E-state index is -0.578. The maximum absolute atomic E-state index is 14.7. The highest BCUT2D eigenvalue weighted by Gasteiger charge is 2.54. The van der Waals surface area contributed by atoms with Crippen molar-refractivity contribution in [2.24, 2.45) is 11.8 Å². The van der Waals surface area contributed by atoms with Gasteiger partial charge in [-0.2, -0.15) is 5.10 Å². The van der Waals surface area contributed by atoms with E-state index in [1.807, 2.05) is 39.0 Å². The average molecular weight is 548 g/mol. The van der Waals surface area contributed by atoms with Crippen molar-refractivity contribution in [1.29, 1.82) is 0 Å². The second kappa shape index (κ2) is 9.60. The van der Waals surface area contributed by atoms with E-state index in [9.17, 15) is 14.0 Å². The Morgan fingerprint density at radius 3 is 2.77 bits per heavy atom. The number of halogens is 1. The van der Waals surface area contributed by atoms with Crippen molar-refractivity contribution in [3.05, 3.63) is 65.2 Å². The van der Waals surface area contributed by atoms with Crippen molar-refractivity contribution in [2.75, 3.05) is 18.1 Å². The van der Waals surface area contributed by atoms with Gasteiger partial charge in [-0.25, -0.2) is 23.5 Å². The molecule has 3 unspecified atom stereocenters. The highest BCUT2D eigenvalue weighted by molar-refractivity contribution is 5.95. The van der Waals surface area contributed by atoms with Gasteiger partial charge in [0, 0.05) is 12.7 Å². The van der Waals surface area contributed by atoms with E-state index in [-0.39, 0.29) is 18.5 Å². The lowest BCUT2D eigenvalue weighted by atomic mass is 9.95. The highest BCUT2D eigenvalue weighted by atomic mass is 19.1. The zero-order valence-electron chi connectivity index (χ0n) is 23.2. The molecule has 40 heavy (non-hydrogen) atoms. The van der Waals surface area contributed by atoms with Gasteiger partial charge in [0.1, 0.15) is 22.8 Å². The monoisotopic (exact) mass is 547 g/mol. The van der Waals surface area contributed by atoms with Crippen LogP contribution in [-0.4, -0.2) is 51.0 Å². The van der Waals surface area contributed by atoms with Gasteiger partial charge < -0.3 is 19.7 Å². The van der Waals surface area contributed by atoms with E-state index < -0.39 is 23.2 Å². The molecule has 3 heterocycles. The molecule has 9 nitrogen and oxygen atoms in total. The number of amides is 1. The summed E-state index contributed by atoms with van der Waals surface area (Å²) >= 11 is 0. The Labute approximate surface area is 232 Å². The Balaban J connectivity index is 1.30. The molecule has 2 aromatic heterocycles. The number of nitrogens with zero attached hydrogens (tertiary/aromatic N) is 4. The molecule has 0 spiro atoms. The maximum Gasteiger partial charge on any atom is 0.408 e. The number of hydrogen-bond donors (Lipinski definition) is 1. The fourth-order valence-electron chi connectivity index (χ4n) is 5.65. The van der Waals surface area contributed by atoms with Gasteiger partial charge in [-0.3, -0.25) is 0 Å². The fourth-order valence-corrected chi connectivity index (χ4v) is 5.65. The maximum atomic E-state index is 14.7. The molecule has 210 valence electrons. The van der Waals surface area contributed by atoms with E-state index in [0.29, 0.717) is 28.9 Å². The SMILES string of the molecule is CCOC(=O)c1cnn2ccc(N3CC4CC4C3c3cc(F)ccc3/C=C/C3(NC(=O)OC(C)(C)C)CC3)nc12. The summed E-state index contributed by atoms with van der Waals surface area (Å²) in [6.45, 7) is 8.32. The summed E-state index contributed by atoms with van der Waals surface area (Å²) in [4.78, 5) is 31.9. The number of benzene rings is 1. The normalized spacial score (nSPS) is 22.8. The predicted octanol–water partition coefficient (Wildman–Crippen LogP) is 5.31. The Bertz CT molecular complexity index is 1510. The third-order valence-corrected chi connectivity index (χ3v) is 7.78. The number of fused-ring (bicyclic) bond motifs is 2. The Hall–Kier alpha value is -3.95. The summed E-state index contributed by atoms with van der Waals surface area (Å²) in [6.07, 6.45) is 9.51. The van der Waals surface area contributed by atoms with Crippen molar-refractivity contribution >= 4 is 29.6 Å². The zero-order valence-corrected chi connectivity index (χ0v) is 23.2. The number of piperidine rings is 1. The number of carbonyl (C=O) groups is 2. The number of hydrogen-bond acceptors (Lipinski definition) is 7. The van der Waals surface area contributed by atoms with Gasteiger partial charge in [0.15, 0.2) is 5.65 Å². The number of ether oxygens (including phenoxy) is 2. The summed E-state index contributed by atoms with van der Waals surface area (Å²) in [7, 11) is 0. The van der Waals surface area contributed by atoms with E-state index in [0.717, 1.165) is 36.9 Å². The summed E-state index contributed by atoms with van der Waals surface area (Å²) in [5, 5.41) is 7.24. The molecule has 3 aliphatic rings. The molecule has 0 bridgehead atoms. The van der Waals surface area contributed by atoms with E-state index in [1.54, 1.807) is 29.8 Å². The van der Waals surface area contributed by atoms with Crippen LogP contribution in [0.1, 0.15) is 74.5 Å². The summed E-state index contributed by atoms with van der Waals surface area (Å²) in [6, 6.07) is 6.69. The molecule has 3 aromatic rings. The van der Waals surface area contributed by atoms with Crippen molar-refractivity contribution in [3.8, 4) is 0 Å². The topological polar surface area (TPSA) is 98.1 Å². The lowest BCUT2D eigenvalue weighted by Gasteiger charge is -2.30. The first-order chi connectivity index (χ1) is 19.1. The van der Waals surface area contributed by atoms with Crippen LogP contribution in [0, 0.1) is 17.7 Å². The number of rotatable bonds is 7.